The molecule has 0 radical (unpaired) electrons. The Bertz CT molecular complexity index is 3780. The number of thiophene rings is 1. The molecule has 1 heterocycles. The number of hydrogen-bond acceptors (Lipinski definition) is 2. The minimum Gasteiger partial charge on any atom is -0.310 e. The third kappa shape index (κ3) is 5.84. The molecule has 330 valence electrons. The van der Waals surface area contributed by atoms with Crippen LogP contribution in [0.25, 0.3) is 76.5 Å². The quantitative estimate of drug-likeness (QED) is 0.154. The molecule has 1 spiro atoms. The van der Waals surface area contributed by atoms with E-state index in [1.54, 1.807) is 0 Å². The summed E-state index contributed by atoms with van der Waals surface area (Å²) in [6.07, 6.45) is 0. The third-order valence-corrected chi connectivity index (χ3v) is 16.8. The average molecular weight is 910 g/mol. The van der Waals surface area contributed by atoms with Crippen LogP contribution in [0.1, 0.15) is 47.2 Å². The Morgan fingerprint density at radius 3 is 1.36 bits per heavy atom. The first-order valence-electron chi connectivity index (χ1n) is 24.4. The Labute approximate surface area is 414 Å². The molecule has 14 rings (SSSR count). The zero-order chi connectivity index (χ0) is 46.6. The molecule has 0 N–H and O–H groups in total. The Balaban J connectivity index is 0.957. The lowest BCUT2D eigenvalue weighted by atomic mass is 9.70. The van der Waals surface area contributed by atoms with E-state index in [1.807, 2.05) is 11.3 Å². The van der Waals surface area contributed by atoms with E-state index in [0.717, 1.165) is 11.4 Å². The molecule has 1 aromatic heterocycles. The fraction of sp³-hybridized carbons (Fsp3) is 0.0588. The van der Waals surface area contributed by atoms with Crippen LogP contribution < -0.4 is 4.90 Å². The SMILES string of the molecule is CC1(C)c2ccccc2-c2c(N(c3ccc(-c4ccccc4)cc3)c3ccc(-c4ccc5c(c4)-c4c(-c6ccccc6)sc(-c6ccccc6)c4C54c5ccccc5-c5ccccc54)cc3)cccc21. The smallest absolute Gasteiger partial charge is 0.0740 e. The zero-order valence-electron chi connectivity index (χ0n) is 39.0. The van der Waals surface area contributed by atoms with Crippen molar-refractivity contribution in [3.05, 3.63) is 282 Å². The molecule has 1 nitrogen and oxygen atoms in total. The number of hydrogen-bond donors (Lipinski definition) is 0. The van der Waals surface area contributed by atoms with E-state index < -0.39 is 5.41 Å². The van der Waals surface area contributed by atoms with Gasteiger partial charge < -0.3 is 4.90 Å². The summed E-state index contributed by atoms with van der Waals surface area (Å²) >= 11 is 1.94. The molecule has 3 aliphatic rings. The van der Waals surface area contributed by atoms with Crippen LogP contribution in [0.3, 0.4) is 0 Å². The van der Waals surface area contributed by atoms with Crippen molar-refractivity contribution in [2.75, 3.05) is 4.90 Å². The molecule has 0 saturated heterocycles. The summed E-state index contributed by atoms with van der Waals surface area (Å²) in [6.45, 7) is 4.73. The van der Waals surface area contributed by atoms with E-state index in [0.29, 0.717) is 0 Å². The van der Waals surface area contributed by atoms with Crippen molar-refractivity contribution < 1.29 is 0 Å². The van der Waals surface area contributed by atoms with E-state index in [-0.39, 0.29) is 5.41 Å². The van der Waals surface area contributed by atoms with Gasteiger partial charge in [-0.05, 0) is 125 Å². The van der Waals surface area contributed by atoms with Gasteiger partial charge in [-0.15, -0.1) is 11.3 Å². The van der Waals surface area contributed by atoms with Crippen molar-refractivity contribution >= 4 is 28.4 Å². The molecule has 11 aromatic rings. The van der Waals surface area contributed by atoms with Crippen molar-refractivity contribution in [1.82, 2.24) is 0 Å². The maximum atomic E-state index is 2.50. The van der Waals surface area contributed by atoms with E-state index in [4.69, 9.17) is 0 Å². The molecule has 3 aliphatic carbocycles. The summed E-state index contributed by atoms with van der Waals surface area (Å²) in [5.74, 6) is 0. The van der Waals surface area contributed by atoms with Gasteiger partial charge in [0.15, 0.2) is 0 Å². The number of rotatable bonds is 7. The van der Waals surface area contributed by atoms with Crippen molar-refractivity contribution in [3.63, 3.8) is 0 Å². The van der Waals surface area contributed by atoms with Crippen LogP contribution in [-0.4, -0.2) is 0 Å². The van der Waals surface area contributed by atoms with Crippen LogP contribution in [0.15, 0.2) is 249 Å². The van der Waals surface area contributed by atoms with Crippen LogP contribution in [-0.2, 0) is 10.8 Å². The molecule has 10 aromatic carbocycles. The summed E-state index contributed by atoms with van der Waals surface area (Å²) < 4.78 is 0. The number of benzene rings is 10. The predicted molar refractivity (Wildman–Crippen MR) is 295 cm³/mol. The van der Waals surface area contributed by atoms with Gasteiger partial charge >= 0.3 is 0 Å². The summed E-state index contributed by atoms with van der Waals surface area (Å²) in [5.41, 5.74) is 26.2. The van der Waals surface area contributed by atoms with Gasteiger partial charge in [-0.1, -0.05) is 226 Å². The molecule has 0 unspecified atom stereocenters. The second-order valence-electron chi connectivity index (χ2n) is 19.5. The van der Waals surface area contributed by atoms with Gasteiger partial charge in [-0.3, -0.25) is 0 Å². The number of fused-ring (bicyclic) bond motifs is 13. The normalized spacial score (nSPS) is 13.8. The van der Waals surface area contributed by atoms with Gasteiger partial charge in [0.2, 0.25) is 0 Å². The van der Waals surface area contributed by atoms with Crippen LogP contribution in [0.2, 0.25) is 0 Å². The first kappa shape index (κ1) is 40.7. The molecule has 0 bridgehead atoms. The van der Waals surface area contributed by atoms with Crippen LogP contribution in [0.4, 0.5) is 17.1 Å². The van der Waals surface area contributed by atoms with Crippen LogP contribution in [0, 0.1) is 0 Å². The molecular weight excluding hydrogens is 863 g/mol. The third-order valence-electron chi connectivity index (χ3n) is 15.5. The Kier molecular flexibility index (Phi) is 9.09. The van der Waals surface area contributed by atoms with Gasteiger partial charge in [0.1, 0.15) is 0 Å². The van der Waals surface area contributed by atoms with Gasteiger partial charge in [0.25, 0.3) is 0 Å². The molecule has 0 atom stereocenters. The predicted octanol–water partition coefficient (Wildman–Crippen LogP) is 18.5. The first-order valence-corrected chi connectivity index (χ1v) is 25.2. The highest BCUT2D eigenvalue weighted by Crippen LogP contribution is 2.68. The molecule has 0 fully saturated rings. The zero-order valence-corrected chi connectivity index (χ0v) is 39.8. The maximum absolute atomic E-state index is 2.50. The van der Waals surface area contributed by atoms with Crippen LogP contribution in [0.5, 0.6) is 0 Å². The summed E-state index contributed by atoms with van der Waals surface area (Å²) in [6, 6.07) is 92.7. The summed E-state index contributed by atoms with van der Waals surface area (Å²) in [5, 5.41) is 0. The van der Waals surface area contributed by atoms with E-state index >= 15 is 0 Å². The Morgan fingerprint density at radius 2 is 0.757 bits per heavy atom. The van der Waals surface area contributed by atoms with Gasteiger partial charge in [0.05, 0.1) is 11.1 Å². The molecular formula is C68H47NS. The first-order chi connectivity index (χ1) is 34.5. The second-order valence-corrected chi connectivity index (χ2v) is 20.5. The molecule has 0 saturated carbocycles. The van der Waals surface area contributed by atoms with Crippen molar-refractivity contribution in [2.45, 2.75) is 24.7 Å². The minimum atomic E-state index is -0.478. The largest absolute Gasteiger partial charge is 0.310 e. The number of nitrogens with zero attached hydrogens (tertiary/aromatic N) is 1. The van der Waals surface area contributed by atoms with Crippen molar-refractivity contribution in [1.29, 1.82) is 0 Å². The van der Waals surface area contributed by atoms with Gasteiger partial charge in [0, 0.05) is 37.7 Å². The summed E-state index contributed by atoms with van der Waals surface area (Å²) in [7, 11) is 0. The van der Waals surface area contributed by atoms with Gasteiger partial charge in [-0.2, -0.15) is 0 Å². The van der Waals surface area contributed by atoms with E-state index in [1.165, 1.54) is 116 Å². The lowest BCUT2D eigenvalue weighted by Gasteiger charge is -2.31. The lowest BCUT2D eigenvalue weighted by Crippen LogP contribution is -2.26. The fourth-order valence-electron chi connectivity index (χ4n) is 12.4. The molecule has 0 amide bonds. The van der Waals surface area contributed by atoms with Gasteiger partial charge in [-0.25, -0.2) is 0 Å². The average Bonchev–Trinajstić information content (AvgIpc) is 4.13. The highest BCUT2D eigenvalue weighted by molar-refractivity contribution is 7.19. The standard InChI is InChI=1S/C68H47NS/c1-67(2)56-28-15-14-27-54(56)62-60(67)31-18-32-61(62)69(50-38-33-45(34-39-50)44-19-6-3-7-20-44)51-40-35-46(36-41-51)49-37-42-59-55(43-49)63-64(68(59)57-29-16-12-25-52(57)53-26-13-17-30-58(53)68)66(48-23-10-5-11-24-48)70-65(63)47-21-8-4-9-22-47/h3-43H,1-2H3. The van der Waals surface area contributed by atoms with E-state index in [2.05, 4.69) is 267 Å². The Hall–Kier alpha value is -8.30. The highest BCUT2D eigenvalue weighted by atomic mass is 32.1. The van der Waals surface area contributed by atoms with E-state index in [9.17, 15) is 0 Å². The topological polar surface area (TPSA) is 3.24 Å². The minimum absolute atomic E-state index is 0.117. The monoisotopic (exact) mass is 909 g/mol. The highest BCUT2D eigenvalue weighted by Gasteiger charge is 2.54. The van der Waals surface area contributed by atoms with Crippen molar-refractivity contribution in [2.24, 2.45) is 0 Å². The van der Waals surface area contributed by atoms with Crippen molar-refractivity contribution in [3.8, 4) is 76.5 Å². The molecule has 0 aliphatic heterocycles. The second kappa shape index (κ2) is 15.6. The molecule has 2 heteroatoms. The maximum Gasteiger partial charge on any atom is 0.0740 e. The molecule has 70 heavy (non-hydrogen) atoms. The lowest BCUT2D eigenvalue weighted by molar-refractivity contribution is 0.660. The fourth-order valence-corrected chi connectivity index (χ4v) is 13.8. The number of anilines is 3. The Morgan fingerprint density at radius 1 is 0.314 bits per heavy atom. The summed E-state index contributed by atoms with van der Waals surface area (Å²) in [4.78, 5) is 5.11. The van der Waals surface area contributed by atoms with Crippen LogP contribution >= 0.6 is 11.3 Å².